The second-order valence-corrected chi connectivity index (χ2v) is 6.73. The fourth-order valence-corrected chi connectivity index (χ4v) is 2.53. The molecule has 0 aliphatic rings. The smallest absolute Gasteiger partial charge is 0.407 e. The summed E-state index contributed by atoms with van der Waals surface area (Å²) in [5, 5.41) is 12.5. The van der Waals surface area contributed by atoms with Crippen LogP contribution < -0.4 is 5.32 Å². The molecule has 1 aromatic heterocycles. The Labute approximate surface area is 138 Å². The van der Waals surface area contributed by atoms with Gasteiger partial charge in [-0.25, -0.2) is 9.18 Å². The first-order valence-electron chi connectivity index (χ1n) is 7.25. The van der Waals surface area contributed by atoms with Crippen LogP contribution in [0.3, 0.4) is 0 Å². The zero-order valence-corrected chi connectivity index (χ0v) is 14.0. The molecule has 1 heterocycles. The van der Waals surface area contributed by atoms with Crippen molar-refractivity contribution in [3.05, 3.63) is 34.7 Å². The summed E-state index contributed by atoms with van der Waals surface area (Å²) in [6.45, 7) is 4.98. The van der Waals surface area contributed by atoms with Gasteiger partial charge in [0.2, 0.25) is 0 Å². The molecule has 0 radical (unpaired) electrons. The van der Waals surface area contributed by atoms with E-state index in [4.69, 9.17) is 16.3 Å². The van der Waals surface area contributed by atoms with Crippen LogP contribution in [0.5, 0.6) is 0 Å². The molecule has 3 N–H and O–H groups in total. The van der Waals surface area contributed by atoms with E-state index in [0.29, 0.717) is 16.5 Å². The number of aliphatic hydroxyl groups is 1. The Morgan fingerprint density at radius 3 is 2.83 bits per heavy atom. The summed E-state index contributed by atoms with van der Waals surface area (Å²) in [5.74, 6) is -0.493. The number of hydrogen-bond acceptors (Lipinski definition) is 3. The molecule has 1 atom stereocenters. The summed E-state index contributed by atoms with van der Waals surface area (Å²) in [7, 11) is 0. The van der Waals surface area contributed by atoms with E-state index in [9.17, 15) is 14.3 Å². The number of rotatable bonds is 4. The minimum absolute atomic E-state index is 0.000979. The Morgan fingerprint density at radius 2 is 2.22 bits per heavy atom. The molecule has 0 saturated carbocycles. The van der Waals surface area contributed by atoms with Crippen LogP contribution in [0, 0.1) is 5.82 Å². The van der Waals surface area contributed by atoms with Gasteiger partial charge in [-0.15, -0.1) is 0 Å². The van der Waals surface area contributed by atoms with Gasteiger partial charge in [0.15, 0.2) is 5.82 Å². The number of aromatic amines is 1. The van der Waals surface area contributed by atoms with Crippen LogP contribution in [-0.2, 0) is 11.2 Å². The average molecular weight is 343 g/mol. The first kappa shape index (κ1) is 17.6. The third kappa shape index (κ3) is 4.36. The number of carbonyl (C=O) groups is 1. The number of carbonyl (C=O) groups excluding carboxylic acids is 1. The number of alkyl carbamates (subject to hydrolysis) is 1. The molecule has 7 heteroatoms. The second kappa shape index (κ2) is 6.76. The van der Waals surface area contributed by atoms with Crippen LogP contribution in [0.2, 0.25) is 5.02 Å². The van der Waals surface area contributed by atoms with E-state index in [1.54, 1.807) is 33.0 Å². The first-order chi connectivity index (χ1) is 10.7. The van der Waals surface area contributed by atoms with Gasteiger partial charge in [-0.1, -0.05) is 11.6 Å². The molecular formula is C16H20ClFN2O3. The van der Waals surface area contributed by atoms with Gasteiger partial charge < -0.3 is 20.1 Å². The lowest BCUT2D eigenvalue weighted by atomic mass is 10.0. The van der Waals surface area contributed by atoms with E-state index < -0.39 is 23.6 Å². The predicted octanol–water partition coefficient (Wildman–Crippen LogP) is 3.39. The number of nitrogens with one attached hydrogen (secondary N) is 2. The normalized spacial score (nSPS) is 13.1. The molecule has 23 heavy (non-hydrogen) atoms. The highest BCUT2D eigenvalue weighted by atomic mass is 35.5. The van der Waals surface area contributed by atoms with Crippen LogP contribution in [0.15, 0.2) is 18.3 Å². The van der Waals surface area contributed by atoms with Gasteiger partial charge in [0.1, 0.15) is 5.60 Å². The van der Waals surface area contributed by atoms with Crippen LogP contribution in [0.1, 0.15) is 26.3 Å². The number of ether oxygens (including phenoxy) is 1. The third-order valence-electron chi connectivity index (χ3n) is 3.22. The van der Waals surface area contributed by atoms with Crippen molar-refractivity contribution in [3.8, 4) is 0 Å². The van der Waals surface area contributed by atoms with Gasteiger partial charge >= 0.3 is 6.09 Å². The number of aromatic nitrogens is 1. The van der Waals surface area contributed by atoms with Gasteiger partial charge in [0, 0.05) is 11.6 Å². The Kier molecular flexibility index (Phi) is 5.16. The standard InChI is InChI=1S/C16H20ClFN2O3/c1-16(2,3)23-15(22)20-10(8-21)6-9-7-12(17)13(18)11-4-5-19-14(9)11/h4-5,7,10,19,21H,6,8H2,1-3H3,(H,20,22). The number of fused-ring (bicyclic) bond motifs is 1. The molecule has 0 spiro atoms. The Hall–Kier alpha value is -1.79. The zero-order valence-electron chi connectivity index (χ0n) is 13.2. The number of benzene rings is 1. The maximum Gasteiger partial charge on any atom is 0.407 e. The minimum atomic E-state index is -0.629. The van der Waals surface area contributed by atoms with Crippen LogP contribution in [-0.4, -0.2) is 34.4 Å². The van der Waals surface area contributed by atoms with Gasteiger partial charge in [0.05, 0.1) is 23.2 Å². The molecular weight excluding hydrogens is 323 g/mol. The fourth-order valence-electron chi connectivity index (χ4n) is 2.30. The topological polar surface area (TPSA) is 74.3 Å². The number of halogens is 2. The number of H-pyrrole nitrogens is 1. The highest BCUT2D eigenvalue weighted by Crippen LogP contribution is 2.28. The number of hydrogen-bond donors (Lipinski definition) is 3. The van der Waals surface area contributed by atoms with E-state index >= 15 is 0 Å². The highest BCUT2D eigenvalue weighted by molar-refractivity contribution is 6.31. The summed E-state index contributed by atoms with van der Waals surface area (Å²) in [5.41, 5.74) is 0.665. The van der Waals surface area contributed by atoms with Crippen molar-refractivity contribution in [2.45, 2.75) is 38.8 Å². The third-order valence-corrected chi connectivity index (χ3v) is 3.50. The molecule has 0 bridgehead atoms. The number of aliphatic hydroxyl groups excluding tert-OH is 1. The summed E-state index contributed by atoms with van der Waals surface area (Å²) >= 11 is 5.91. The lowest BCUT2D eigenvalue weighted by molar-refractivity contribution is 0.0483. The predicted molar refractivity (Wildman–Crippen MR) is 87.2 cm³/mol. The van der Waals surface area contributed by atoms with Crippen molar-refractivity contribution in [2.75, 3.05) is 6.61 Å². The molecule has 126 valence electrons. The van der Waals surface area contributed by atoms with Crippen LogP contribution in [0.4, 0.5) is 9.18 Å². The van der Waals surface area contributed by atoms with E-state index in [1.807, 2.05) is 0 Å². The zero-order chi connectivity index (χ0) is 17.2. The summed E-state index contributed by atoms with van der Waals surface area (Å²) in [6, 6.07) is 2.52. The molecule has 1 unspecified atom stereocenters. The largest absolute Gasteiger partial charge is 0.444 e. The van der Waals surface area contributed by atoms with E-state index in [0.717, 1.165) is 0 Å². The van der Waals surface area contributed by atoms with Crippen LogP contribution >= 0.6 is 11.6 Å². The maximum absolute atomic E-state index is 13.9. The van der Waals surface area contributed by atoms with Crippen molar-refractivity contribution < 1.29 is 19.0 Å². The summed E-state index contributed by atoms with van der Waals surface area (Å²) in [6.07, 6.45) is 1.28. The van der Waals surface area contributed by atoms with Crippen LogP contribution in [0.25, 0.3) is 10.9 Å². The second-order valence-electron chi connectivity index (χ2n) is 6.33. The lowest BCUT2D eigenvalue weighted by Crippen LogP contribution is -2.42. The fraction of sp³-hybridized carbons (Fsp3) is 0.438. The molecule has 1 aromatic carbocycles. The monoisotopic (exact) mass is 342 g/mol. The van der Waals surface area contributed by atoms with Crippen molar-refractivity contribution >= 4 is 28.6 Å². The van der Waals surface area contributed by atoms with Crippen molar-refractivity contribution in [1.29, 1.82) is 0 Å². The highest BCUT2D eigenvalue weighted by Gasteiger charge is 2.21. The van der Waals surface area contributed by atoms with E-state index in [1.165, 1.54) is 6.07 Å². The van der Waals surface area contributed by atoms with Gasteiger partial charge in [0.25, 0.3) is 0 Å². The minimum Gasteiger partial charge on any atom is -0.444 e. The number of amides is 1. The van der Waals surface area contributed by atoms with Gasteiger partial charge in [-0.3, -0.25) is 0 Å². The summed E-state index contributed by atoms with van der Waals surface area (Å²) in [4.78, 5) is 14.8. The lowest BCUT2D eigenvalue weighted by Gasteiger charge is -2.23. The quantitative estimate of drug-likeness (QED) is 0.797. The van der Waals surface area contributed by atoms with Gasteiger partial charge in [-0.2, -0.15) is 0 Å². The molecule has 5 nitrogen and oxygen atoms in total. The molecule has 0 aliphatic heterocycles. The molecule has 1 amide bonds. The molecule has 0 fully saturated rings. The van der Waals surface area contributed by atoms with E-state index in [2.05, 4.69) is 10.3 Å². The maximum atomic E-state index is 13.9. The summed E-state index contributed by atoms with van der Waals surface area (Å²) < 4.78 is 19.1. The van der Waals surface area contributed by atoms with E-state index in [-0.39, 0.29) is 18.1 Å². The van der Waals surface area contributed by atoms with Crippen molar-refractivity contribution in [3.63, 3.8) is 0 Å². The Morgan fingerprint density at radius 1 is 1.52 bits per heavy atom. The molecule has 0 saturated heterocycles. The average Bonchev–Trinajstić information content (AvgIpc) is 2.91. The first-order valence-corrected chi connectivity index (χ1v) is 7.63. The SMILES string of the molecule is CC(C)(C)OC(=O)NC(CO)Cc1cc(Cl)c(F)c2cc[nH]c12. The Balaban J connectivity index is 2.18. The van der Waals surface area contributed by atoms with Gasteiger partial charge in [-0.05, 0) is 44.9 Å². The van der Waals surface area contributed by atoms with Crippen molar-refractivity contribution in [1.82, 2.24) is 10.3 Å². The molecule has 2 rings (SSSR count). The molecule has 2 aromatic rings. The molecule has 0 aliphatic carbocycles. The van der Waals surface area contributed by atoms with Crippen molar-refractivity contribution in [2.24, 2.45) is 0 Å². The Bertz CT molecular complexity index is 709.